The molecule has 0 aliphatic carbocycles. The highest BCUT2D eigenvalue weighted by Crippen LogP contribution is 2.30. The third-order valence-corrected chi connectivity index (χ3v) is 3.49. The Morgan fingerprint density at radius 1 is 1.40 bits per heavy atom. The zero-order valence-electron chi connectivity index (χ0n) is 11.8. The van der Waals surface area contributed by atoms with Crippen LogP contribution in [0.3, 0.4) is 0 Å². The standard InChI is InChI=1S/C15H18BrNO3/c1-15(2,3)20-14(19)17-9-10(7-8-18)13-11(16)5-4-6-12(13)17/h4-6,9,18H,7-8H2,1-3H3. The second-order valence-corrected chi connectivity index (χ2v) is 6.47. The van der Waals surface area contributed by atoms with Crippen LogP contribution in [0.4, 0.5) is 4.79 Å². The Balaban J connectivity index is 2.54. The zero-order chi connectivity index (χ0) is 14.9. The van der Waals surface area contributed by atoms with Crippen molar-refractivity contribution < 1.29 is 14.6 Å². The highest BCUT2D eigenvalue weighted by atomic mass is 79.9. The van der Waals surface area contributed by atoms with Crippen molar-refractivity contribution in [3.05, 3.63) is 34.4 Å². The first kappa shape index (κ1) is 15.1. The van der Waals surface area contributed by atoms with E-state index in [1.165, 1.54) is 4.57 Å². The summed E-state index contributed by atoms with van der Waals surface area (Å²) >= 11 is 3.49. The van der Waals surface area contributed by atoms with E-state index in [2.05, 4.69) is 15.9 Å². The van der Waals surface area contributed by atoms with Crippen LogP contribution in [0.5, 0.6) is 0 Å². The molecule has 1 aromatic heterocycles. The van der Waals surface area contributed by atoms with E-state index in [0.717, 1.165) is 20.9 Å². The second kappa shape index (κ2) is 5.58. The molecule has 0 radical (unpaired) electrons. The van der Waals surface area contributed by atoms with E-state index in [1.807, 2.05) is 39.0 Å². The van der Waals surface area contributed by atoms with Crippen LogP contribution < -0.4 is 0 Å². The van der Waals surface area contributed by atoms with Gasteiger partial charge in [0.25, 0.3) is 0 Å². The van der Waals surface area contributed by atoms with Crippen molar-refractivity contribution in [1.29, 1.82) is 0 Å². The van der Waals surface area contributed by atoms with Crippen molar-refractivity contribution in [2.75, 3.05) is 6.61 Å². The first-order valence-corrected chi connectivity index (χ1v) is 7.25. The number of aliphatic hydroxyl groups is 1. The lowest BCUT2D eigenvalue weighted by molar-refractivity contribution is 0.0544. The van der Waals surface area contributed by atoms with Gasteiger partial charge in [-0.15, -0.1) is 0 Å². The van der Waals surface area contributed by atoms with E-state index in [9.17, 15) is 4.79 Å². The van der Waals surface area contributed by atoms with Crippen LogP contribution in [-0.4, -0.2) is 28.0 Å². The summed E-state index contributed by atoms with van der Waals surface area (Å²) < 4.78 is 7.81. The third-order valence-electron chi connectivity index (χ3n) is 2.83. The molecule has 0 amide bonds. The van der Waals surface area contributed by atoms with E-state index in [0.29, 0.717) is 6.42 Å². The molecule has 108 valence electrons. The Hall–Kier alpha value is -1.33. The third kappa shape index (κ3) is 3.04. The van der Waals surface area contributed by atoms with Crippen LogP contribution in [0.25, 0.3) is 10.9 Å². The number of aliphatic hydroxyl groups excluding tert-OH is 1. The summed E-state index contributed by atoms with van der Waals surface area (Å²) in [4.78, 5) is 12.3. The van der Waals surface area contributed by atoms with Gasteiger partial charge >= 0.3 is 6.09 Å². The first-order chi connectivity index (χ1) is 9.33. The highest BCUT2D eigenvalue weighted by molar-refractivity contribution is 9.10. The Kier molecular flexibility index (Phi) is 4.20. The number of hydrogen-bond donors (Lipinski definition) is 1. The maximum absolute atomic E-state index is 12.3. The minimum absolute atomic E-state index is 0.0365. The molecule has 0 atom stereocenters. The number of benzene rings is 1. The van der Waals surface area contributed by atoms with Crippen LogP contribution in [0, 0.1) is 0 Å². The van der Waals surface area contributed by atoms with Gasteiger partial charge in [0.2, 0.25) is 0 Å². The summed E-state index contributed by atoms with van der Waals surface area (Å²) in [5.74, 6) is 0. The van der Waals surface area contributed by atoms with Gasteiger partial charge in [-0.3, -0.25) is 4.57 Å². The largest absolute Gasteiger partial charge is 0.443 e. The summed E-state index contributed by atoms with van der Waals surface area (Å²) in [5, 5.41) is 10.1. The summed E-state index contributed by atoms with van der Waals surface area (Å²) in [5.41, 5.74) is 1.15. The maximum atomic E-state index is 12.3. The number of hydrogen-bond acceptors (Lipinski definition) is 3. The van der Waals surface area contributed by atoms with E-state index in [4.69, 9.17) is 9.84 Å². The molecule has 1 heterocycles. The van der Waals surface area contributed by atoms with Gasteiger partial charge in [-0.2, -0.15) is 0 Å². The van der Waals surface area contributed by atoms with Crippen molar-refractivity contribution in [3.8, 4) is 0 Å². The van der Waals surface area contributed by atoms with Crippen molar-refractivity contribution in [3.63, 3.8) is 0 Å². The molecule has 0 aliphatic rings. The van der Waals surface area contributed by atoms with Gasteiger partial charge in [0.1, 0.15) is 5.60 Å². The quantitative estimate of drug-likeness (QED) is 0.906. The Morgan fingerprint density at radius 3 is 2.70 bits per heavy atom. The first-order valence-electron chi connectivity index (χ1n) is 6.46. The Bertz CT molecular complexity index is 640. The molecular weight excluding hydrogens is 322 g/mol. The maximum Gasteiger partial charge on any atom is 0.419 e. The van der Waals surface area contributed by atoms with Gasteiger partial charge in [0.15, 0.2) is 0 Å². The van der Waals surface area contributed by atoms with Crippen LogP contribution >= 0.6 is 15.9 Å². The van der Waals surface area contributed by atoms with Crippen molar-refractivity contribution in [2.45, 2.75) is 32.8 Å². The van der Waals surface area contributed by atoms with Crippen LogP contribution in [-0.2, 0) is 11.2 Å². The number of ether oxygens (including phenoxy) is 1. The molecule has 2 aromatic rings. The number of rotatable bonds is 2. The average molecular weight is 340 g/mol. The van der Waals surface area contributed by atoms with E-state index >= 15 is 0 Å². The van der Waals surface area contributed by atoms with Gasteiger partial charge in [-0.25, -0.2) is 4.79 Å². The molecule has 0 saturated heterocycles. The smallest absolute Gasteiger partial charge is 0.419 e. The summed E-state index contributed by atoms with van der Waals surface area (Å²) in [6.45, 7) is 5.54. The number of fused-ring (bicyclic) bond motifs is 1. The number of carbonyl (C=O) groups excluding carboxylic acids is 1. The fraction of sp³-hybridized carbons (Fsp3) is 0.400. The number of nitrogens with zero attached hydrogens (tertiary/aromatic N) is 1. The van der Waals surface area contributed by atoms with Gasteiger partial charge < -0.3 is 9.84 Å². The molecule has 20 heavy (non-hydrogen) atoms. The lowest BCUT2D eigenvalue weighted by Crippen LogP contribution is -2.26. The molecule has 4 nitrogen and oxygen atoms in total. The normalized spacial score (nSPS) is 11.8. The number of aromatic nitrogens is 1. The minimum Gasteiger partial charge on any atom is -0.443 e. The predicted octanol–water partition coefficient (Wildman–Crippen LogP) is 3.72. The summed E-state index contributed by atoms with van der Waals surface area (Å²) in [7, 11) is 0. The number of halogens is 1. The number of carbonyl (C=O) groups is 1. The molecular formula is C15H18BrNO3. The van der Waals surface area contributed by atoms with Crippen LogP contribution in [0.2, 0.25) is 0 Å². The molecule has 0 saturated carbocycles. The summed E-state index contributed by atoms with van der Waals surface area (Å²) in [6, 6.07) is 5.66. The Labute approximate surface area is 126 Å². The van der Waals surface area contributed by atoms with Crippen molar-refractivity contribution in [1.82, 2.24) is 4.57 Å². The van der Waals surface area contributed by atoms with E-state index in [-0.39, 0.29) is 6.61 Å². The molecule has 1 aromatic carbocycles. The molecule has 5 heteroatoms. The monoisotopic (exact) mass is 339 g/mol. The molecule has 1 N–H and O–H groups in total. The van der Waals surface area contributed by atoms with E-state index < -0.39 is 11.7 Å². The average Bonchev–Trinajstić information content (AvgIpc) is 2.68. The minimum atomic E-state index is -0.545. The predicted molar refractivity (Wildman–Crippen MR) is 82.1 cm³/mol. The van der Waals surface area contributed by atoms with Crippen LogP contribution in [0.15, 0.2) is 28.9 Å². The molecule has 0 aliphatic heterocycles. The van der Waals surface area contributed by atoms with Gasteiger partial charge in [-0.05, 0) is 44.9 Å². The highest BCUT2D eigenvalue weighted by Gasteiger charge is 2.21. The lowest BCUT2D eigenvalue weighted by atomic mass is 10.1. The lowest BCUT2D eigenvalue weighted by Gasteiger charge is -2.19. The van der Waals surface area contributed by atoms with Crippen molar-refractivity contribution >= 4 is 32.9 Å². The van der Waals surface area contributed by atoms with Crippen LogP contribution in [0.1, 0.15) is 26.3 Å². The van der Waals surface area contributed by atoms with Crippen molar-refractivity contribution in [2.24, 2.45) is 0 Å². The molecule has 0 spiro atoms. The SMILES string of the molecule is CC(C)(C)OC(=O)n1cc(CCO)c2c(Br)cccc21. The van der Waals surface area contributed by atoms with Gasteiger partial charge in [0.05, 0.1) is 5.52 Å². The molecule has 0 fully saturated rings. The molecule has 0 bridgehead atoms. The second-order valence-electron chi connectivity index (χ2n) is 5.61. The molecule has 2 rings (SSSR count). The fourth-order valence-corrected chi connectivity index (χ4v) is 2.70. The summed E-state index contributed by atoms with van der Waals surface area (Å²) in [6.07, 6.45) is 1.82. The van der Waals surface area contributed by atoms with E-state index in [1.54, 1.807) is 6.20 Å². The fourth-order valence-electron chi connectivity index (χ4n) is 2.09. The van der Waals surface area contributed by atoms with Gasteiger partial charge in [0, 0.05) is 22.7 Å². The van der Waals surface area contributed by atoms with Gasteiger partial charge in [-0.1, -0.05) is 22.0 Å². The zero-order valence-corrected chi connectivity index (χ0v) is 13.4. The topological polar surface area (TPSA) is 51.5 Å². The Morgan fingerprint density at radius 2 is 2.10 bits per heavy atom. The molecule has 0 unspecified atom stereocenters.